The van der Waals surface area contributed by atoms with Gasteiger partial charge in [-0.15, -0.1) is 0 Å². The van der Waals surface area contributed by atoms with Crippen LogP contribution in [0.15, 0.2) is 4.52 Å². The summed E-state index contributed by atoms with van der Waals surface area (Å²) < 4.78 is 10.6. The number of rotatable bonds is 3. The predicted molar refractivity (Wildman–Crippen MR) is 78.1 cm³/mol. The van der Waals surface area contributed by atoms with E-state index in [9.17, 15) is 4.79 Å². The number of nitrogens with zero attached hydrogens (tertiary/aromatic N) is 2. The van der Waals surface area contributed by atoms with Crippen LogP contribution >= 0.6 is 0 Å². The van der Waals surface area contributed by atoms with Gasteiger partial charge in [0.2, 0.25) is 5.91 Å². The molecule has 5 nitrogen and oxygen atoms in total. The zero-order chi connectivity index (χ0) is 14.8. The Labute approximate surface area is 125 Å². The lowest BCUT2D eigenvalue weighted by Crippen LogP contribution is -2.39. The van der Waals surface area contributed by atoms with Crippen LogP contribution in [-0.2, 0) is 22.4 Å². The minimum absolute atomic E-state index is 0.0872. The van der Waals surface area contributed by atoms with E-state index in [1.165, 1.54) is 17.7 Å². The summed E-state index contributed by atoms with van der Waals surface area (Å²) in [7, 11) is 1.56. The topological polar surface area (TPSA) is 55.6 Å². The van der Waals surface area contributed by atoms with E-state index in [-0.39, 0.29) is 12.5 Å². The first-order chi connectivity index (χ1) is 10.2. The van der Waals surface area contributed by atoms with Crippen LogP contribution in [0.3, 0.4) is 0 Å². The number of methoxy groups -OCH3 is 1. The van der Waals surface area contributed by atoms with E-state index < -0.39 is 0 Å². The second kappa shape index (κ2) is 6.18. The molecule has 5 heteroatoms. The second-order valence-corrected chi connectivity index (χ2v) is 6.41. The molecule has 1 atom stereocenters. The van der Waals surface area contributed by atoms with Gasteiger partial charge in [0.05, 0.1) is 5.69 Å². The number of carbonyl (C=O) groups excluding carboxylic acids is 1. The molecule has 21 heavy (non-hydrogen) atoms. The maximum atomic E-state index is 11.8. The van der Waals surface area contributed by atoms with Crippen molar-refractivity contribution >= 4 is 5.91 Å². The number of aromatic nitrogens is 1. The van der Waals surface area contributed by atoms with Gasteiger partial charge in [0, 0.05) is 31.7 Å². The second-order valence-electron chi connectivity index (χ2n) is 6.41. The van der Waals surface area contributed by atoms with Crippen molar-refractivity contribution in [2.45, 2.75) is 44.9 Å². The van der Waals surface area contributed by atoms with Crippen LogP contribution in [0.4, 0.5) is 0 Å². The molecule has 0 bridgehead atoms. The van der Waals surface area contributed by atoms with Gasteiger partial charge in [0.15, 0.2) is 0 Å². The van der Waals surface area contributed by atoms with Crippen LogP contribution in [0.2, 0.25) is 0 Å². The van der Waals surface area contributed by atoms with Gasteiger partial charge in [-0.1, -0.05) is 12.1 Å². The largest absolute Gasteiger partial charge is 0.375 e. The number of hydrogen-bond acceptors (Lipinski definition) is 4. The summed E-state index contributed by atoms with van der Waals surface area (Å²) in [5.41, 5.74) is 2.52. The van der Waals surface area contributed by atoms with Crippen molar-refractivity contribution in [3.05, 3.63) is 17.0 Å². The molecule has 0 radical (unpaired) electrons. The summed E-state index contributed by atoms with van der Waals surface area (Å²) in [4.78, 5) is 13.7. The molecule has 0 saturated carbocycles. The van der Waals surface area contributed by atoms with E-state index in [0.29, 0.717) is 5.92 Å². The zero-order valence-corrected chi connectivity index (χ0v) is 12.9. The van der Waals surface area contributed by atoms with E-state index in [4.69, 9.17) is 9.26 Å². The number of ether oxygens (including phenoxy) is 1. The Hall–Kier alpha value is -1.36. The normalized spacial score (nSPS) is 23.1. The number of aryl methyl sites for hydroxylation is 1. The van der Waals surface area contributed by atoms with Crippen LogP contribution in [0.1, 0.15) is 49.1 Å². The monoisotopic (exact) mass is 292 g/mol. The van der Waals surface area contributed by atoms with Gasteiger partial charge in [0.25, 0.3) is 0 Å². The standard InChI is InChI=1S/C16H24N2O3/c1-11-3-4-14-13(9-11)16(21-17-14)12-5-7-18(8-6-12)15(19)10-20-2/h11-12H,3-10H2,1-2H3/t11-/m1/s1. The van der Waals surface area contributed by atoms with E-state index in [1.807, 2.05) is 4.90 Å². The third kappa shape index (κ3) is 2.98. The molecule has 1 aromatic rings. The first-order valence-electron chi connectivity index (χ1n) is 7.93. The fourth-order valence-electron chi connectivity index (χ4n) is 3.53. The summed E-state index contributed by atoms with van der Waals surface area (Å²) in [6.07, 6.45) is 5.28. The molecule has 0 unspecified atom stereocenters. The van der Waals surface area contributed by atoms with Gasteiger partial charge in [-0.3, -0.25) is 4.79 Å². The average molecular weight is 292 g/mol. The molecule has 1 fully saturated rings. The Bertz CT molecular complexity index is 504. The highest BCUT2D eigenvalue weighted by Crippen LogP contribution is 2.36. The summed E-state index contributed by atoms with van der Waals surface area (Å²) in [6, 6.07) is 0. The minimum atomic E-state index is 0.0872. The first-order valence-corrected chi connectivity index (χ1v) is 7.93. The van der Waals surface area contributed by atoms with Gasteiger partial charge in [-0.2, -0.15) is 0 Å². The number of fused-ring (bicyclic) bond motifs is 1. The van der Waals surface area contributed by atoms with Crippen LogP contribution in [0, 0.1) is 5.92 Å². The quantitative estimate of drug-likeness (QED) is 0.856. The molecule has 2 heterocycles. The Morgan fingerprint density at radius 3 is 2.86 bits per heavy atom. The van der Waals surface area contributed by atoms with Gasteiger partial charge in [-0.05, 0) is 38.0 Å². The third-order valence-electron chi connectivity index (χ3n) is 4.81. The Morgan fingerprint density at radius 2 is 2.14 bits per heavy atom. The molecule has 1 saturated heterocycles. The summed E-state index contributed by atoms with van der Waals surface area (Å²) >= 11 is 0. The SMILES string of the molecule is COCC(=O)N1CCC(c2onc3c2C[C@H](C)CC3)CC1. The highest BCUT2D eigenvalue weighted by Gasteiger charge is 2.31. The molecule has 2 aliphatic rings. The minimum Gasteiger partial charge on any atom is -0.375 e. The zero-order valence-electron chi connectivity index (χ0n) is 12.9. The first kappa shape index (κ1) is 14.6. The van der Waals surface area contributed by atoms with Crippen LogP contribution < -0.4 is 0 Å². The molecule has 1 aliphatic carbocycles. The van der Waals surface area contributed by atoms with Gasteiger partial charge >= 0.3 is 0 Å². The fourth-order valence-corrected chi connectivity index (χ4v) is 3.53. The molecule has 0 spiro atoms. The Morgan fingerprint density at radius 1 is 1.38 bits per heavy atom. The number of likely N-dealkylation sites (tertiary alicyclic amines) is 1. The van der Waals surface area contributed by atoms with Crippen molar-refractivity contribution in [3.8, 4) is 0 Å². The van der Waals surface area contributed by atoms with Crippen LogP contribution in [0.25, 0.3) is 0 Å². The molecule has 0 aromatic carbocycles. The number of hydrogen-bond donors (Lipinski definition) is 0. The highest BCUT2D eigenvalue weighted by atomic mass is 16.5. The maximum Gasteiger partial charge on any atom is 0.248 e. The predicted octanol–water partition coefficient (Wildman–Crippen LogP) is 2.15. The van der Waals surface area contributed by atoms with E-state index in [1.54, 1.807) is 7.11 Å². The third-order valence-corrected chi connectivity index (χ3v) is 4.81. The van der Waals surface area contributed by atoms with Crippen molar-refractivity contribution in [2.75, 3.05) is 26.8 Å². The van der Waals surface area contributed by atoms with E-state index >= 15 is 0 Å². The molecule has 1 amide bonds. The lowest BCUT2D eigenvalue weighted by atomic mass is 9.83. The van der Waals surface area contributed by atoms with Crippen LogP contribution in [-0.4, -0.2) is 42.8 Å². The Kier molecular flexibility index (Phi) is 4.29. The molecule has 3 rings (SSSR count). The van der Waals surface area contributed by atoms with E-state index in [0.717, 1.165) is 50.5 Å². The lowest BCUT2D eigenvalue weighted by Gasteiger charge is -2.31. The van der Waals surface area contributed by atoms with Crippen molar-refractivity contribution in [1.29, 1.82) is 0 Å². The maximum absolute atomic E-state index is 11.8. The van der Waals surface area contributed by atoms with Crippen molar-refractivity contribution in [3.63, 3.8) is 0 Å². The van der Waals surface area contributed by atoms with Crippen molar-refractivity contribution in [1.82, 2.24) is 10.1 Å². The number of piperidine rings is 1. The molecule has 116 valence electrons. The number of carbonyl (C=O) groups is 1. The lowest BCUT2D eigenvalue weighted by molar-refractivity contribution is -0.136. The molecular weight excluding hydrogens is 268 g/mol. The average Bonchev–Trinajstić information content (AvgIpc) is 2.90. The fraction of sp³-hybridized carbons (Fsp3) is 0.750. The van der Waals surface area contributed by atoms with Crippen LogP contribution in [0.5, 0.6) is 0 Å². The smallest absolute Gasteiger partial charge is 0.248 e. The molecule has 0 N–H and O–H groups in total. The van der Waals surface area contributed by atoms with Crippen molar-refractivity contribution < 1.29 is 14.1 Å². The summed E-state index contributed by atoms with van der Waals surface area (Å²) in [6.45, 7) is 4.06. The van der Waals surface area contributed by atoms with Gasteiger partial charge in [0.1, 0.15) is 12.4 Å². The molecule has 1 aromatic heterocycles. The summed E-state index contributed by atoms with van der Waals surface area (Å²) in [5, 5.41) is 4.27. The summed E-state index contributed by atoms with van der Waals surface area (Å²) in [5.74, 6) is 2.32. The van der Waals surface area contributed by atoms with E-state index in [2.05, 4.69) is 12.1 Å². The molecular formula is C16H24N2O3. The van der Waals surface area contributed by atoms with Gasteiger partial charge < -0.3 is 14.2 Å². The Balaban J connectivity index is 1.65. The highest BCUT2D eigenvalue weighted by molar-refractivity contribution is 5.77. The number of amides is 1. The van der Waals surface area contributed by atoms with Crippen molar-refractivity contribution in [2.24, 2.45) is 5.92 Å². The van der Waals surface area contributed by atoms with Gasteiger partial charge in [-0.25, -0.2) is 0 Å². The molecule has 1 aliphatic heterocycles.